The summed E-state index contributed by atoms with van der Waals surface area (Å²) in [4.78, 5) is 23.8. The molecule has 0 saturated heterocycles. The molecular formula is C17H12ClN5O. The predicted octanol–water partition coefficient (Wildman–Crippen LogP) is 3.34. The van der Waals surface area contributed by atoms with Gasteiger partial charge in [-0.1, -0.05) is 11.6 Å². The average Bonchev–Trinajstić information content (AvgIpc) is 2.99. The van der Waals surface area contributed by atoms with E-state index in [0.29, 0.717) is 22.1 Å². The number of imidazole rings is 1. The number of halogens is 1. The van der Waals surface area contributed by atoms with Gasteiger partial charge in [0.2, 0.25) is 0 Å². The zero-order valence-corrected chi connectivity index (χ0v) is 13.4. The topological polar surface area (TPSA) is 87.3 Å². The third-order valence-corrected chi connectivity index (χ3v) is 4.20. The molecule has 0 saturated carbocycles. The molecule has 0 aliphatic heterocycles. The number of nitrogens with one attached hydrogen (secondary N) is 2. The number of pyridine rings is 1. The fraction of sp³-hybridized carbons (Fsp3) is 0.0588. The van der Waals surface area contributed by atoms with Gasteiger partial charge >= 0.3 is 0 Å². The molecule has 0 spiro atoms. The first-order valence-electron chi connectivity index (χ1n) is 7.28. The SMILES string of the molecule is Cc1cc2nc(-c3cc(-c4ccncc4)n[nH]c3=O)[nH]c2cc1Cl. The van der Waals surface area contributed by atoms with E-state index in [0.717, 1.165) is 22.2 Å². The van der Waals surface area contributed by atoms with E-state index in [9.17, 15) is 4.79 Å². The maximum absolute atomic E-state index is 12.2. The van der Waals surface area contributed by atoms with Crippen LogP contribution in [-0.4, -0.2) is 25.1 Å². The van der Waals surface area contributed by atoms with Gasteiger partial charge in [-0.3, -0.25) is 9.78 Å². The summed E-state index contributed by atoms with van der Waals surface area (Å²) in [6.07, 6.45) is 3.35. The Morgan fingerprint density at radius 3 is 2.71 bits per heavy atom. The molecule has 0 atom stereocenters. The smallest absolute Gasteiger partial charge is 0.275 e. The number of rotatable bonds is 2. The van der Waals surface area contributed by atoms with Crippen LogP contribution in [0.3, 0.4) is 0 Å². The van der Waals surface area contributed by atoms with Crippen LogP contribution in [0.5, 0.6) is 0 Å². The molecule has 2 N–H and O–H groups in total. The highest BCUT2D eigenvalue weighted by Crippen LogP contribution is 2.25. The number of benzene rings is 1. The van der Waals surface area contributed by atoms with E-state index in [1.807, 2.05) is 31.2 Å². The van der Waals surface area contributed by atoms with Crippen LogP contribution in [0.15, 0.2) is 47.5 Å². The van der Waals surface area contributed by atoms with Crippen molar-refractivity contribution in [1.82, 2.24) is 25.1 Å². The highest BCUT2D eigenvalue weighted by atomic mass is 35.5. The summed E-state index contributed by atoms with van der Waals surface area (Å²) in [6.45, 7) is 1.91. The van der Waals surface area contributed by atoms with Crippen molar-refractivity contribution in [2.75, 3.05) is 0 Å². The van der Waals surface area contributed by atoms with Crippen LogP contribution in [-0.2, 0) is 0 Å². The summed E-state index contributed by atoms with van der Waals surface area (Å²) in [5, 5.41) is 7.26. The first-order chi connectivity index (χ1) is 11.6. The van der Waals surface area contributed by atoms with Gasteiger partial charge in [0, 0.05) is 23.0 Å². The minimum absolute atomic E-state index is 0.310. The Hall–Kier alpha value is -2.99. The molecule has 1 aromatic carbocycles. The van der Waals surface area contributed by atoms with Crippen molar-refractivity contribution in [2.45, 2.75) is 6.92 Å². The molecule has 24 heavy (non-hydrogen) atoms. The maximum Gasteiger partial charge on any atom is 0.275 e. The lowest BCUT2D eigenvalue weighted by molar-refractivity contribution is 0.993. The van der Waals surface area contributed by atoms with Gasteiger partial charge in [-0.25, -0.2) is 10.1 Å². The summed E-state index contributed by atoms with van der Waals surface area (Å²) >= 11 is 6.15. The second-order valence-corrected chi connectivity index (χ2v) is 5.84. The van der Waals surface area contributed by atoms with Crippen molar-refractivity contribution in [1.29, 1.82) is 0 Å². The van der Waals surface area contributed by atoms with Gasteiger partial charge in [0.05, 0.1) is 22.3 Å². The predicted molar refractivity (Wildman–Crippen MR) is 92.9 cm³/mol. The number of aromatic nitrogens is 5. The summed E-state index contributed by atoms with van der Waals surface area (Å²) < 4.78 is 0. The Morgan fingerprint density at radius 2 is 1.92 bits per heavy atom. The van der Waals surface area contributed by atoms with Crippen molar-refractivity contribution in [3.05, 3.63) is 63.7 Å². The molecule has 0 unspecified atom stereocenters. The van der Waals surface area contributed by atoms with Gasteiger partial charge in [-0.05, 0) is 42.8 Å². The third-order valence-electron chi connectivity index (χ3n) is 3.80. The molecule has 0 aliphatic rings. The van der Waals surface area contributed by atoms with E-state index in [1.54, 1.807) is 18.5 Å². The number of H-pyrrole nitrogens is 2. The van der Waals surface area contributed by atoms with E-state index in [-0.39, 0.29) is 5.56 Å². The Balaban J connectivity index is 1.88. The molecule has 3 aromatic heterocycles. The normalized spacial score (nSPS) is 11.1. The summed E-state index contributed by atoms with van der Waals surface area (Å²) in [6, 6.07) is 9.05. The Morgan fingerprint density at radius 1 is 1.12 bits per heavy atom. The van der Waals surface area contributed by atoms with Gasteiger partial charge in [0.1, 0.15) is 5.82 Å². The lowest BCUT2D eigenvalue weighted by Gasteiger charge is -2.01. The van der Waals surface area contributed by atoms with Crippen LogP contribution in [0.1, 0.15) is 5.56 Å². The first kappa shape index (κ1) is 14.6. The van der Waals surface area contributed by atoms with Crippen molar-refractivity contribution < 1.29 is 0 Å². The molecule has 0 amide bonds. The summed E-state index contributed by atoms with van der Waals surface area (Å²) in [7, 11) is 0. The monoisotopic (exact) mass is 337 g/mol. The van der Waals surface area contributed by atoms with Crippen LogP contribution < -0.4 is 5.56 Å². The molecule has 4 aromatic rings. The minimum Gasteiger partial charge on any atom is -0.338 e. The fourth-order valence-electron chi connectivity index (χ4n) is 2.51. The van der Waals surface area contributed by atoms with E-state index < -0.39 is 0 Å². The number of aromatic amines is 2. The molecule has 4 rings (SSSR count). The molecule has 0 radical (unpaired) electrons. The van der Waals surface area contributed by atoms with Gasteiger partial charge in [-0.15, -0.1) is 0 Å². The minimum atomic E-state index is -0.310. The summed E-state index contributed by atoms with van der Waals surface area (Å²) in [5.74, 6) is 0.477. The zero-order chi connectivity index (χ0) is 16.7. The molecule has 0 fully saturated rings. The highest BCUT2D eigenvalue weighted by Gasteiger charge is 2.12. The van der Waals surface area contributed by atoms with Crippen molar-refractivity contribution >= 4 is 22.6 Å². The van der Waals surface area contributed by atoms with Gasteiger partial charge in [0.25, 0.3) is 5.56 Å². The van der Waals surface area contributed by atoms with E-state index in [1.165, 1.54) is 0 Å². The van der Waals surface area contributed by atoms with Crippen LogP contribution in [0.2, 0.25) is 5.02 Å². The third kappa shape index (κ3) is 2.47. The van der Waals surface area contributed by atoms with Crippen molar-refractivity contribution in [3.63, 3.8) is 0 Å². The Kier molecular flexibility index (Phi) is 3.39. The van der Waals surface area contributed by atoms with Crippen LogP contribution >= 0.6 is 11.6 Å². The maximum atomic E-state index is 12.2. The van der Waals surface area contributed by atoms with Gasteiger partial charge in [0.15, 0.2) is 0 Å². The van der Waals surface area contributed by atoms with Crippen molar-refractivity contribution in [2.24, 2.45) is 0 Å². The molecular weight excluding hydrogens is 326 g/mol. The molecule has 0 bridgehead atoms. The highest BCUT2D eigenvalue weighted by molar-refractivity contribution is 6.32. The summed E-state index contributed by atoms with van der Waals surface area (Å²) in [5.41, 5.74) is 4.08. The van der Waals surface area contributed by atoms with E-state index in [2.05, 4.69) is 25.1 Å². The second kappa shape index (κ2) is 5.58. The molecule has 0 aliphatic carbocycles. The number of nitrogens with zero attached hydrogens (tertiary/aromatic N) is 3. The van der Waals surface area contributed by atoms with Crippen LogP contribution in [0, 0.1) is 6.92 Å². The van der Waals surface area contributed by atoms with Crippen molar-refractivity contribution in [3.8, 4) is 22.6 Å². The lowest BCUT2D eigenvalue weighted by Crippen LogP contribution is -2.12. The van der Waals surface area contributed by atoms with Crippen LogP contribution in [0.4, 0.5) is 0 Å². The fourth-order valence-corrected chi connectivity index (χ4v) is 2.68. The zero-order valence-electron chi connectivity index (χ0n) is 12.7. The standard InChI is InChI=1S/C17H12ClN5O/c1-9-6-14-15(8-12(9)18)21-16(20-14)11-7-13(22-23-17(11)24)10-2-4-19-5-3-10/h2-8H,1H3,(H,20,21)(H,23,24). The lowest BCUT2D eigenvalue weighted by atomic mass is 10.1. The largest absolute Gasteiger partial charge is 0.338 e. The van der Waals surface area contributed by atoms with E-state index >= 15 is 0 Å². The van der Waals surface area contributed by atoms with Gasteiger partial charge in [-0.2, -0.15) is 5.10 Å². The Labute approximate surface area is 141 Å². The van der Waals surface area contributed by atoms with Crippen LogP contribution in [0.25, 0.3) is 33.7 Å². The number of hydrogen-bond acceptors (Lipinski definition) is 4. The number of aryl methyl sites for hydroxylation is 1. The molecule has 7 heteroatoms. The van der Waals surface area contributed by atoms with E-state index in [4.69, 9.17) is 11.6 Å². The average molecular weight is 338 g/mol. The van der Waals surface area contributed by atoms with Gasteiger partial charge < -0.3 is 4.98 Å². The number of hydrogen-bond donors (Lipinski definition) is 2. The first-order valence-corrected chi connectivity index (χ1v) is 7.66. The molecule has 3 heterocycles. The quantitative estimate of drug-likeness (QED) is 0.587. The molecule has 118 valence electrons. The molecule has 6 nitrogen and oxygen atoms in total. The Bertz CT molecular complexity index is 1060. The number of fused-ring (bicyclic) bond motifs is 1. The second-order valence-electron chi connectivity index (χ2n) is 5.44.